The van der Waals surface area contributed by atoms with E-state index in [2.05, 4.69) is 19.2 Å². The summed E-state index contributed by atoms with van der Waals surface area (Å²) in [6.45, 7) is 4.50. The number of hydrogen-bond donors (Lipinski definition) is 2. The number of unbranched alkanes of at least 4 members (excludes halogenated alkanes) is 16. The van der Waals surface area contributed by atoms with Crippen molar-refractivity contribution in [3.8, 4) is 0 Å². The summed E-state index contributed by atoms with van der Waals surface area (Å²) in [6, 6.07) is 6.71. The van der Waals surface area contributed by atoms with E-state index in [0.29, 0.717) is 5.69 Å². The second kappa shape index (κ2) is 21.4. The molecule has 2 N–H and O–H groups in total. The molecule has 0 heterocycles. The minimum Gasteiger partial charge on any atom is -0.478 e. The minimum atomic E-state index is -1.00. The van der Waals surface area contributed by atoms with Crippen molar-refractivity contribution in [2.45, 2.75) is 142 Å². The molecule has 0 saturated carbocycles. The van der Waals surface area contributed by atoms with Crippen molar-refractivity contribution in [1.82, 2.24) is 0 Å². The van der Waals surface area contributed by atoms with Crippen molar-refractivity contribution >= 4 is 17.6 Å². The maximum Gasteiger partial charge on any atom is 0.337 e. The molecule has 0 spiro atoms. The highest BCUT2D eigenvalue weighted by Crippen LogP contribution is 2.23. The van der Waals surface area contributed by atoms with E-state index < -0.39 is 5.97 Å². The summed E-state index contributed by atoms with van der Waals surface area (Å²) in [5, 5.41) is 12.4. The van der Waals surface area contributed by atoms with Crippen molar-refractivity contribution in [2.24, 2.45) is 5.92 Å². The number of carbonyl (C=O) groups is 2. The topological polar surface area (TPSA) is 66.4 Å². The third-order valence-electron chi connectivity index (χ3n) is 7.10. The average Bonchev–Trinajstić information content (AvgIpc) is 2.85. The van der Waals surface area contributed by atoms with E-state index in [-0.39, 0.29) is 17.4 Å². The van der Waals surface area contributed by atoms with Crippen LogP contribution in [0, 0.1) is 5.92 Å². The van der Waals surface area contributed by atoms with Crippen LogP contribution in [0.4, 0.5) is 5.69 Å². The van der Waals surface area contributed by atoms with E-state index in [9.17, 15) is 14.7 Å². The first-order chi connectivity index (χ1) is 17.1. The van der Waals surface area contributed by atoms with E-state index in [4.69, 9.17) is 0 Å². The molecule has 35 heavy (non-hydrogen) atoms. The number of hydrogen-bond acceptors (Lipinski definition) is 2. The fourth-order valence-corrected chi connectivity index (χ4v) is 4.82. The van der Waals surface area contributed by atoms with Gasteiger partial charge in [-0.15, -0.1) is 0 Å². The first-order valence-corrected chi connectivity index (χ1v) is 14.7. The summed E-state index contributed by atoms with van der Waals surface area (Å²) in [4.78, 5) is 24.6. The fourth-order valence-electron chi connectivity index (χ4n) is 4.82. The summed E-state index contributed by atoms with van der Waals surface area (Å²) in [7, 11) is 0. The van der Waals surface area contributed by atoms with Crippen molar-refractivity contribution < 1.29 is 14.7 Å². The van der Waals surface area contributed by atoms with Crippen molar-refractivity contribution in [1.29, 1.82) is 0 Å². The van der Waals surface area contributed by atoms with Crippen molar-refractivity contribution in [3.63, 3.8) is 0 Å². The molecule has 1 aromatic carbocycles. The molecule has 1 atom stereocenters. The molecule has 1 unspecified atom stereocenters. The van der Waals surface area contributed by atoms with E-state index in [1.54, 1.807) is 24.3 Å². The Bertz CT molecular complexity index is 673. The summed E-state index contributed by atoms with van der Waals surface area (Å²) in [5.41, 5.74) is 0.569. The molecule has 0 aliphatic heterocycles. The lowest BCUT2D eigenvalue weighted by molar-refractivity contribution is -0.120. The SMILES string of the molecule is CCCCCCCCCCCCC(CCCCCCCCCC)C(=O)Nc1ccccc1C(=O)O. The molecule has 0 fully saturated rings. The number of carboxylic acids is 1. The number of carbonyl (C=O) groups excluding carboxylic acids is 1. The minimum absolute atomic E-state index is 0.0161. The molecule has 1 rings (SSSR count). The van der Waals surface area contributed by atoms with Crippen LogP contribution < -0.4 is 5.32 Å². The maximum atomic E-state index is 13.1. The maximum absolute atomic E-state index is 13.1. The van der Waals surface area contributed by atoms with Gasteiger partial charge in [0.25, 0.3) is 0 Å². The van der Waals surface area contributed by atoms with Gasteiger partial charge in [0.2, 0.25) is 5.91 Å². The Balaban J connectivity index is 2.44. The number of carboxylic acid groups (broad SMARTS) is 1. The molecule has 0 aliphatic rings. The normalized spacial score (nSPS) is 11.9. The molecule has 0 bridgehead atoms. The van der Waals surface area contributed by atoms with Gasteiger partial charge in [0.05, 0.1) is 11.3 Å². The van der Waals surface area contributed by atoms with Gasteiger partial charge in [0, 0.05) is 5.92 Å². The Hall–Kier alpha value is -1.84. The number of aromatic carboxylic acids is 1. The van der Waals surface area contributed by atoms with Crippen molar-refractivity contribution in [2.75, 3.05) is 5.32 Å². The highest BCUT2D eigenvalue weighted by Gasteiger charge is 2.20. The fraction of sp³-hybridized carbons (Fsp3) is 0.742. The molecule has 0 aliphatic carbocycles. The molecule has 200 valence electrons. The molecular weight excluding hydrogens is 434 g/mol. The third-order valence-corrected chi connectivity index (χ3v) is 7.10. The Morgan fingerprint density at radius 2 is 1.06 bits per heavy atom. The molecule has 0 radical (unpaired) electrons. The van der Waals surface area contributed by atoms with Gasteiger partial charge < -0.3 is 10.4 Å². The van der Waals surface area contributed by atoms with Gasteiger partial charge in [0.15, 0.2) is 0 Å². The largest absolute Gasteiger partial charge is 0.478 e. The summed E-state index contributed by atoms with van der Waals surface area (Å²) in [6.07, 6.45) is 24.8. The van der Waals surface area contributed by atoms with Gasteiger partial charge in [-0.05, 0) is 25.0 Å². The van der Waals surface area contributed by atoms with Crippen LogP contribution in [0.1, 0.15) is 153 Å². The second-order valence-corrected chi connectivity index (χ2v) is 10.3. The van der Waals surface area contributed by atoms with E-state index in [0.717, 1.165) is 25.7 Å². The predicted molar refractivity (Wildman–Crippen MR) is 149 cm³/mol. The predicted octanol–water partition coefficient (Wildman–Crippen LogP) is 9.78. The van der Waals surface area contributed by atoms with Crippen LogP contribution in [-0.2, 0) is 4.79 Å². The van der Waals surface area contributed by atoms with Crippen molar-refractivity contribution in [3.05, 3.63) is 29.8 Å². The molecule has 0 saturated heterocycles. The van der Waals surface area contributed by atoms with Crippen LogP contribution >= 0.6 is 0 Å². The number of anilines is 1. The smallest absolute Gasteiger partial charge is 0.337 e. The van der Waals surface area contributed by atoms with Crippen LogP contribution in [0.15, 0.2) is 24.3 Å². The van der Waals surface area contributed by atoms with Gasteiger partial charge in [-0.1, -0.05) is 142 Å². The lowest BCUT2D eigenvalue weighted by Crippen LogP contribution is -2.24. The number of amides is 1. The Labute approximate surface area is 215 Å². The monoisotopic (exact) mass is 487 g/mol. The van der Waals surface area contributed by atoms with E-state index >= 15 is 0 Å². The highest BCUT2D eigenvalue weighted by molar-refractivity contribution is 6.01. The first kappa shape index (κ1) is 31.2. The number of para-hydroxylation sites is 1. The molecule has 4 heteroatoms. The molecule has 1 amide bonds. The van der Waals surface area contributed by atoms with Crippen LogP contribution in [-0.4, -0.2) is 17.0 Å². The summed E-state index contributed by atoms with van der Waals surface area (Å²) < 4.78 is 0. The molecule has 1 aromatic rings. The Morgan fingerprint density at radius 1 is 0.657 bits per heavy atom. The zero-order valence-corrected chi connectivity index (χ0v) is 22.8. The van der Waals surface area contributed by atoms with Crippen LogP contribution in [0.25, 0.3) is 0 Å². The lowest BCUT2D eigenvalue weighted by atomic mass is 9.93. The molecular formula is C31H53NO3. The first-order valence-electron chi connectivity index (χ1n) is 14.7. The van der Waals surface area contributed by atoms with Crippen LogP contribution in [0.5, 0.6) is 0 Å². The quantitative estimate of drug-likeness (QED) is 0.151. The Morgan fingerprint density at radius 3 is 1.49 bits per heavy atom. The van der Waals surface area contributed by atoms with Gasteiger partial charge >= 0.3 is 5.97 Å². The third kappa shape index (κ3) is 15.7. The summed E-state index contributed by atoms with van der Waals surface area (Å²) in [5.74, 6) is -1.06. The highest BCUT2D eigenvalue weighted by atomic mass is 16.4. The van der Waals surface area contributed by atoms with Crippen LogP contribution in [0.3, 0.4) is 0 Å². The second-order valence-electron chi connectivity index (χ2n) is 10.3. The molecule has 0 aromatic heterocycles. The standard InChI is InChI=1S/C31H53NO3/c1-3-5-7-9-11-13-14-16-18-20-24-27(23-19-17-15-12-10-8-6-4-2)30(33)32-29-26-22-21-25-28(29)31(34)35/h21-22,25-27H,3-20,23-24H2,1-2H3,(H,32,33)(H,34,35). The van der Waals surface area contributed by atoms with Gasteiger partial charge in [0.1, 0.15) is 0 Å². The number of benzene rings is 1. The Kier molecular flexibility index (Phi) is 19.1. The average molecular weight is 488 g/mol. The summed E-state index contributed by atoms with van der Waals surface area (Å²) >= 11 is 0. The number of rotatable bonds is 23. The van der Waals surface area contributed by atoms with Crippen LogP contribution in [0.2, 0.25) is 0 Å². The number of nitrogens with one attached hydrogen (secondary N) is 1. The molecule has 4 nitrogen and oxygen atoms in total. The van der Waals surface area contributed by atoms with Gasteiger partial charge in [-0.3, -0.25) is 4.79 Å². The lowest BCUT2D eigenvalue weighted by Gasteiger charge is -2.18. The van der Waals surface area contributed by atoms with Gasteiger partial charge in [-0.2, -0.15) is 0 Å². The van der Waals surface area contributed by atoms with E-state index in [1.807, 2.05) is 0 Å². The zero-order chi connectivity index (χ0) is 25.6. The van der Waals surface area contributed by atoms with Gasteiger partial charge in [-0.25, -0.2) is 4.79 Å². The van der Waals surface area contributed by atoms with E-state index in [1.165, 1.54) is 103 Å². The zero-order valence-electron chi connectivity index (χ0n) is 22.8.